The molecule has 0 N–H and O–H groups in total. The zero-order chi connectivity index (χ0) is 22.1. The van der Waals surface area contributed by atoms with Crippen molar-refractivity contribution in [2.45, 2.75) is 44.8 Å². The van der Waals surface area contributed by atoms with Crippen molar-refractivity contribution in [1.82, 2.24) is 4.90 Å². The van der Waals surface area contributed by atoms with Crippen molar-refractivity contribution in [3.63, 3.8) is 0 Å². The molecule has 2 nitrogen and oxygen atoms in total. The van der Waals surface area contributed by atoms with E-state index in [0.29, 0.717) is 6.04 Å². The highest BCUT2D eigenvalue weighted by Gasteiger charge is 2.43. The molecule has 2 heterocycles. The van der Waals surface area contributed by atoms with Gasteiger partial charge in [0.25, 0.3) is 0 Å². The van der Waals surface area contributed by atoms with Crippen molar-refractivity contribution < 1.29 is 4.39 Å². The molecule has 3 aromatic rings. The fraction of sp³-hybridized carbons (Fsp3) is 0.286. The van der Waals surface area contributed by atoms with Crippen molar-refractivity contribution >= 4 is 17.6 Å². The van der Waals surface area contributed by atoms with Crippen LogP contribution in [-0.2, 0) is 6.54 Å². The van der Waals surface area contributed by atoms with Crippen LogP contribution in [0.2, 0.25) is 0 Å². The second kappa shape index (κ2) is 8.76. The number of aryl methyl sites for hydroxylation is 1. The quantitative estimate of drug-likeness (QED) is 0.393. The van der Waals surface area contributed by atoms with Gasteiger partial charge in [0.1, 0.15) is 5.82 Å². The summed E-state index contributed by atoms with van der Waals surface area (Å²) in [6.07, 6.45) is 4.40. The number of likely N-dealkylation sites (tertiary alicyclic amines) is 1. The van der Waals surface area contributed by atoms with Crippen LogP contribution >= 0.6 is 11.9 Å². The summed E-state index contributed by atoms with van der Waals surface area (Å²) in [5.41, 5.74) is 6.16. The number of halogens is 1. The van der Waals surface area contributed by atoms with Crippen molar-refractivity contribution in [2.24, 2.45) is 0 Å². The predicted octanol–water partition coefficient (Wildman–Crippen LogP) is 7.21. The van der Waals surface area contributed by atoms with Crippen LogP contribution in [0.25, 0.3) is 11.1 Å². The van der Waals surface area contributed by atoms with E-state index in [9.17, 15) is 4.39 Å². The summed E-state index contributed by atoms with van der Waals surface area (Å²) in [6, 6.07) is 25.0. The summed E-state index contributed by atoms with van der Waals surface area (Å²) < 4.78 is 16.2. The minimum absolute atomic E-state index is 0.0443. The van der Waals surface area contributed by atoms with Gasteiger partial charge in [-0.2, -0.15) is 0 Å². The van der Waals surface area contributed by atoms with Gasteiger partial charge >= 0.3 is 0 Å². The van der Waals surface area contributed by atoms with Gasteiger partial charge in [-0.25, -0.2) is 4.39 Å². The van der Waals surface area contributed by atoms with E-state index in [1.807, 2.05) is 6.07 Å². The molecule has 1 saturated heterocycles. The van der Waals surface area contributed by atoms with Gasteiger partial charge in [0, 0.05) is 19.1 Å². The van der Waals surface area contributed by atoms with Crippen LogP contribution < -0.4 is 4.31 Å². The summed E-state index contributed by atoms with van der Waals surface area (Å²) in [4.78, 5) is 2.59. The lowest BCUT2D eigenvalue weighted by Gasteiger charge is -2.47. The Bertz CT molecular complexity index is 1140. The van der Waals surface area contributed by atoms with Crippen LogP contribution in [-0.4, -0.2) is 23.0 Å². The number of piperidine rings is 1. The third-order valence-corrected chi connectivity index (χ3v) is 7.91. The van der Waals surface area contributed by atoms with Crippen LogP contribution in [0.4, 0.5) is 10.1 Å². The van der Waals surface area contributed by atoms with Crippen LogP contribution in [0.1, 0.15) is 30.9 Å². The number of rotatable bonds is 4. The number of anilines is 1. The molecule has 0 amide bonds. The molecular formula is C28H29FN2S. The van der Waals surface area contributed by atoms with E-state index in [-0.39, 0.29) is 11.4 Å². The average molecular weight is 445 g/mol. The van der Waals surface area contributed by atoms with Crippen LogP contribution in [0.15, 0.2) is 84.3 Å². The maximum absolute atomic E-state index is 13.9. The van der Waals surface area contributed by atoms with Crippen LogP contribution in [0.3, 0.4) is 0 Å². The second-order valence-corrected chi connectivity index (χ2v) is 9.92. The van der Waals surface area contributed by atoms with Crippen molar-refractivity contribution in [2.75, 3.05) is 10.8 Å². The number of benzene rings is 3. The SMILES string of the molecule is Cc1ccccc1-c1cccc(CN2CC[C@]3(C=CSN3c3cccc(F)c3)C[C@@H]2C)c1. The lowest BCUT2D eigenvalue weighted by atomic mass is 9.83. The monoisotopic (exact) mass is 444 g/mol. The Morgan fingerprint density at radius 3 is 2.69 bits per heavy atom. The zero-order valence-corrected chi connectivity index (χ0v) is 19.5. The number of hydrogen-bond donors (Lipinski definition) is 0. The molecule has 0 saturated carbocycles. The Morgan fingerprint density at radius 1 is 1.03 bits per heavy atom. The molecule has 2 aliphatic rings. The molecule has 2 atom stereocenters. The number of nitrogens with zero attached hydrogens (tertiary/aromatic N) is 2. The Labute approximate surface area is 194 Å². The fourth-order valence-electron chi connectivity index (χ4n) is 5.15. The fourth-order valence-corrected chi connectivity index (χ4v) is 6.26. The van der Waals surface area contributed by atoms with Gasteiger partial charge in [-0.1, -0.05) is 48.5 Å². The molecule has 0 aliphatic carbocycles. The molecule has 1 fully saturated rings. The molecule has 1 spiro atoms. The second-order valence-electron chi connectivity index (χ2n) is 9.07. The highest BCUT2D eigenvalue weighted by Crippen LogP contribution is 2.46. The molecule has 4 heteroatoms. The van der Waals surface area contributed by atoms with E-state index in [1.165, 1.54) is 28.3 Å². The van der Waals surface area contributed by atoms with Gasteiger partial charge in [0.2, 0.25) is 0 Å². The summed E-state index contributed by atoms with van der Waals surface area (Å²) in [5, 5.41) is 2.17. The molecule has 5 rings (SSSR count). The molecule has 0 radical (unpaired) electrons. The molecule has 3 aromatic carbocycles. The first-order valence-corrected chi connectivity index (χ1v) is 12.2. The van der Waals surface area contributed by atoms with Gasteiger partial charge in [-0.05, 0) is 96.6 Å². The largest absolute Gasteiger partial charge is 0.302 e. The number of hydrogen-bond acceptors (Lipinski definition) is 3. The van der Waals surface area contributed by atoms with Crippen molar-refractivity contribution in [1.29, 1.82) is 0 Å². The molecule has 164 valence electrons. The van der Waals surface area contributed by atoms with Gasteiger partial charge < -0.3 is 4.31 Å². The normalized spacial score (nSPS) is 23.2. The Hall–Kier alpha value is -2.56. The lowest BCUT2D eigenvalue weighted by Crippen LogP contribution is -2.53. The maximum atomic E-state index is 13.9. The molecule has 2 aliphatic heterocycles. The first-order chi connectivity index (χ1) is 15.5. The molecule has 32 heavy (non-hydrogen) atoms. The van der Waals surface area contributed by atoms with E-state index in [2.05, 4.69) is 83.1 Å². The molecular weight excluding hydrogens is 415 g/mol. The molecule has 0 bridgehead atoms. The van der Waals surface area contributed by atoms with E-state index >= 15 is 0 Å². The third-order valence-electron chi connectivity index (χ3n) is 6.86. The predicted molar refractivity (Wildman–Crippen MR) is 134 cm³/mol. The summed E-state index contributed by atoms with van der Waals surface area (Å²) in [5.74, 6) is -0.177. The van der Waals surface area contributed by atoms with Crippen LogP contribution in [0.5, 0.6) is 0 Å². The van der Waals surface area contributed by atoms with Gasteiger partial charge in [0.05, 0.1) is 11.2 Å². The standard InChI is InChI=1S/C28H29FN2S/c1-21-7-3-4-12-27(21)24-9-5-8-23(17-24)20-30-15-13-28(19-22(30)2)14-16-32-31(28)26-11-6-10-25(29)18-26/h3-12,14,16-18,22H,13,15,19-20H2,1-2H3/t22-,28-/m0/s1. The first kappa shape index (κ1) is 21.3. The minimum Gasteiger partial charge on any atom is -0.302 e. The van der Waals surface area contributed by atoms with Crippen molar-refractivity contribution in [3.8, 4) is 11.1 Å². The average Bonchev–Trinajstić information content (AvgIpc) is 3.19. The topological polar surface area (TPSA) is 6.48 Å². The Morgan fingerprint density at radius 2 is 1.88 bits per heavy atom. The van der Waals surface area contributed by atoms with Gasteiger partial charge in [-0.15, -0.1) is 0 Å². The van der Waals surface area contributed by atoms with E-state index in [4.69, 9.17) is 0 Å². The van der Waals surface area contributed by atoms with Gasteiger partial charge in [0.15, 0.2) is 0 Å². The Balaban J connectivity index is 1.32. The zero-order valence-electron chi connectivity index (χ0n) is 18.7. The molecule has 0 unspecified atom stereocenters. The Kier molecular flexibility index (Phi) is 5.83. The molecule has 0 aromatic heterocycles. The maximum Gasteiger partial charge on any atom is 0.125 e. The first-order valence-electron chi connectivity index (χ1n) is 11.3. The van der Waals surface area contributed by atoms with E-state index in [1.54, 1.807) is 24.1 Å². The van der Waals surface area contributed by atoms with E-state index < -0.39 is 0 Å². The summed E-state index contributed by atoms with van der Waals surface area (Å²) >= 11 is 1.69. The van der Waals surface area contributed by atoms with Gasteiger partial charge in [-0.3, -0.25) is 4.90 Å². The highest BCUT2D eigenvalue weighted by atomic mass is 32.2. The van der Waals surface area contributed by atoms with E-state index in [0.717, 1.165) is 31.6 Å². The lowest BCUT2D eigenvalue weighted by molar-refractivity contribution is 0.120. The van der Waals surface area contributed by atoms with Crippen LogP contribution in [0, 0.1) is 12.7 Å². The highest BCUT2D eigenvalue weighted by molar-refractivity contribution is 8.03. The summed E-state index contributed by atoms with van der Waals surface area (Å²) in [6.45, 7) is 6.47. The summed E-state index contributed by atoms with van der Waals surface area (Å²) in [7, 11) is 0. The smallest absolute Gasteiger partial charge is 0.125 e. The van der Waals surface area contributed by atoms with Crippen molar-refractivity contribution in [3.05, 3.63) is 101 Å². The minimum atomic E-state index is -0.177. The third kappa shape index (κ3) is 4.10.